The van der Waals surface area contributed by atoms with E-state index in [4.69, 9.17) is 4.74 Å². The third kappa shape index (κ3) is 7.13. The lowest BCUT2D eigenvalue weighted by Crippen LogP contribution is -2.36. The lowest BCUT2D eigenvalue weighted by molar-refractivity contribution is -0.136. The van der Waals surface area contributed by atoms with Crippen molar-refractivity contribution in [2.45, 2.75) is 47.1 Å². The summed E-state index contributed by atoms with van der Waals surface area (Å²) >= 11 is 0. The van der Waals surface area contributed by atoms with E-state index in [0.29, 0.717) is 25.3 Å². The standard InChI is InChI=1S/C19H31N3O3/c1-6-22(7-2)16-9-10-17(15(5)13-16)21-19(24)18(23)20-11-8-12-25-14(3)4/h9-10,13-14H,6-8,11-12H2,1-5H3,(H,20,23)(H,21,24). The Morgan fingerprint density at radius 3 is 2.40 bits per heavy atom. The van der Waals surface area contributed by atoms with Crippen molar-refractivity contribution in [2.24, 2.45) is 0 Å². The van der Waals surface area contributed by atoms with Crippen LogP contribution in [0.4, 0.5) is 11.4 Å². The summed E-state index contributed by atoms with van der Waals surface area (Å²) in [6, 6.07) is 5.81. The van der Waals surface area contributed by atoms with Gasteiger partial charge in [0.15, 0.2) is 0 Å². The molecule has 1 rings (SSSR count). The summed E-state index contributed by atoms with van der Waals surface area (Å²) in [5, 5.41) is 5.28. The highest BCUT2D eigenvalue weighted by molar-refractivity contribution is 6.39. The zero-order valence-corrected chi connectivity index (χ0v) is 16.0. The molecular formula is C19H31N3O3. The number of hydrogen-bond acceptors (Lipinski definition) is 4. The van der Waals surface area contributed by atoms with Crippen LogP contribution in [0.5, 0.6) is 0 Å². The van der Waals surface area contributed by atoms with Crippen molar-refractivity contribution in [3.8, 4) is 0 Å². The number of carbonyl (C=O) groups excluding carboxylic acids is 2. The van der Waals surface area contributed by atoms with Crippen LogP contribution in [-0.4, -0.2) is 44.2 Å². The molecule has 0 aliphatic carbocycles. The zero-order chi connectivity index (χ0) is 18.8. The average Bonchev–Trinajstić information content (AvgIpc) is 2.57. The highest BCUT2D eigenvalue weighted by Crippen LogP contribution is 2.22. The summed E-state index contributed by atoms with van der Waals surface area (Å²) < 4.78 is 5.39. The van der Waals surface area contributed by atoms with E-state index in [0.717, 1.165) is 24.3 Å². The third-order valence-electron chi connectivity index (χ3n) is 3.85. The number of aryl methyl sites for hydroxylation is 1. The molecule has 25 heavy (non-hydrogen) atoms. The van der Waals surface area contributed by atoms with Gasteiger partial charge >= 0.3 is 11.8 Å². The van der Waals surface area contributed by atoms with Crippen molar-refractivity contribution in [2.75, 3.05) is 36.5 Å². The van der Waals surface area contributed by atoms with Crippen molar-refractivity contribution in [3.05, 3.63) is 23.8 Å². The van der Waals surface area contributed by atoms with Crippen LogP contribution in [0.2, 0.25) is 0 Å². The number of anilines is 2. The van der Waals surface area contributed by atoms with E-state index in [1.807, 2.05) is 39.0 Å². The van der Waals surface area contributed by atoms with Crippen LogP contribution in [-0.2, 0) is 14.3 Å². The van der Waals surface area contributed by atoms with E-state index >= 15 is 0 Å². The summed E-state index contributed by atoms with van der Waals surface area (Å²) in [6.07, 6.45) is 0.843. The van der Waals surface area contributed by atoms with Crippen LogP contribution in [0.25, 0.3) is 0 Å². The van der Waals surface area contributed by atoms with Crippen LogP contribution >= 0.6 is 0 Å². The molecule has 0 radical (unpaired) electrons. The van der Waals surface area contributed by atoms with Crippen molar-refractivity contribution >= 4 is 23.2 Å². The molecule has 2 amide bonds. The van der Waals surface area contributed by atoms with Crippen molar-refractivity contribution in [1.82, 2.24) is 5.32 Å². The van der Waals surface area contributed by atoms with Gasteiger partial charge in [-0.2, -0.15) is 0 Å². The number of nitrogens with one attached hydrogen (secondary N) is 2. The quantitative estimate of drug-likeness (QED) is 0.531. The van der Waals surface area contributed by atoms with Gasteiger partial charge in [-0.05, 0) is 64.8 Å². The second-order valence-corrected chi connectivity index (χ2v) is 6.15. The molecule has 1 aromatic rings. The maximum Gasteiger partial charge on any atom is 0.313 e. The number of carbonyl (C=O) groups is 2. The Labute approximate surface area is 150 Å². The third-order valence-corrected chi connectivity index (χ3v) is 3.85. The molecule has 0 aliphatic rings. The fourth-order valence-electron chi connectivity index (χ4n) is 2.43. The molecule has 0 saturated carbocycles. The lowest BCUT2D eigenvalue weighted by Gasteiger charge is -2.22. The molecule has 0 unspecified atom stereocenters. The van der Waals surface area contributed by atoms with Crippen LogP contribution in [0.3, 0.4) is 0 Å². The molecule has 0 atom stereocenters. The van der Waals surface area contributed by atoms with E-state index in [1.165, 1.54) is 0 Å². The minimum absolute atomic E-state index is 0.168. The number of nitrogens with zero attached hydrogens (tertiary/aromatic N) is 1. The highest BCUT2D eigenvalue weighted by atomic mass is 16.5. The Bertz CT molecular complexity index is 569. The van der Waals surface area contributed by atoms with Gasteiger partial charge in [-0.25, -0.2) is 0 Å². The Hall–Kier alpha value is -2.08. The van der Waals surface area contributed by atoms with Gasteiger partial charge in [0.1, 0.15) is 0 Å². The number of hydrogen-bond donors (Lipinski definition) is 2. The van der Waals surface area contributed by atoms with Gasteiger partial charge in [-0.15, -0.1) is 0 Å². The minimum Gasteiger partial charge on any atom is -0.379 e. The second-order valence-electron chi connectivity index (χ2n) is 6.15. The van der Waals surface area contributed by atoms with Gasteiger partial charge in [0.2, 0.25) is 0 Å². The lowest BCUT2D eigenvalue weighted by atomic mass is 10.1. The molecule has 0 heterocycles. The normalized spacial score (nSPS) is 10.6. The maximum atomic E-state index is 12.0. The van der Waals surface area contributed by atoms with Gasteiger partial charge in [-0.1, -0.05) is 0 Å². The molecule has 0 spiro atoms. The van der Waals surface area contributed by atoms with E-state index in [1.54, 1.807) is 0 Å². The number of amides is 2. The first-order valence-electron chi connectivity index (χ1n) is 8.95. The van der Waals surface area contributed by atoms with Crippen LogP contribution < -0.4 is 15.5 Å². The van der Waals surface area contributed by atoms with Crippen LogP contribution in [0, 0.1) is 6.92 Å². The van der Waals surface area contributed by atoms with E-state index in [-0.39, 0.29) is 6.10 Å². The first kappa shape index (κ1) is 21.0. The van der Waals surface area contributed by atoms with Crippen molar-refractivity contribution in [3.63, 3.8) is 0 Å². The molecule has 0 aliphatic heterocycles. The summed E-state index contributed by atoms with van der Waals surface area (Å²) in [6.45, 7) is 12.9. The van der Waals surface area contributed by atoms with Gasteiger partial charge in [0.25, 0.3) is 0 Å². The van der Waals surface area contributed by atoms with Crippen molar-refractivity contribution < 1.29 is 14.3 Å². The molecule has 0 aromatic heterocycles. The topological polar surface area (TPSA) is 70.7 Å². The molecule has 6 heteroatoms. The Morgan fingerprint density at radius 1 is 1.16 bits per heavy atom. The predicted molar refractivity (Wildman–Crippen MR) is 102 cm³/mol. The second kappa shape index (κ2) is 10.7. The fourth-order valence-corrected chi connectivity index (χ4v) is 2.43. The molecule has 6 nitrogen and oxygen atoms in total. The summed E-state index contributed by atoms with van der Waals surface area (Å²) in [4.78, 5) is 26.1. The molecule has 0 saturated heterocycles. The molecule has 0 bridgehead atoms. The summed E-state index contributed by atoms with van der Waals surface area (Å²) in [5.74, 6) is -1.28. The predicted octanol–water partition coefficient (Wildman–Crippen LogP) is 2.71. The Kier molecular flexibility index (Phi) is 8.99. The van der Waals surface area contributed by atoms with Crippen LogP contribution in [0.15, 0.2) is 18.2 Å². The first-order valence-corrected chi connectivity index (χ1v) is 8.95. The van der Waals surface area contributed by atoms with Crippen LogP contribution in [0.1, 0.15) is 39.7 Å². The molecule has 140 valence electrons. The van der Waals surface area contributed by atoms with E-state index in [2.05, 4.69) is 29.4 Å². The van der Waals surface area contributed by atoms with Gasteiger partial charge in [-0.3, -0.25) is 9.59 Å². The Morgan fingerprint density at radius 2 is 1.84 bits per heavy atom. The highest BCUT2D eigenvalue weighted by Gasteiger charge is 2.14. The largest absolute Gasteiger partial charge is 0.379 e. The average molecular weight is 349 g/mol. The maximum absolute atomic E-state index is 12.0. The van der Waals surface area contributed by atoms with Gasteiger partial charge < -0.3 is 20.3 Å². The smallest absolute Gasteiger partial charge is 0.313 e. The SMILES string of the molecule is CCN(CC)c1ccc(NC(=O)C(=O)NCCCOC(C)C)c(C)c1. The first-order chi connectivity index (χ1) is 11.9. The number of ether oxygens (including phenoxy) is 1. The zero-order valence-electron chi connectivity index (χ0n) is 16.0. The molecule has 0 fully saturated rings. The minimum atomic E-state index is -0.650. The Balaban J connectivity index is 2.52. The van der Waals surface area contributed by atoms with Crippen molar-refractivity contribution in [1.29, 1.82) is 0 Å². The van der Waals surface area contributed by atoms with E-state index in [9.17, 15) is 9.59 Å². The molecular weight excluding hydrogens is 318 g/mol. The summed E-state index contributed by atoms with van der Waals surface area (Å²) in [5.41, 5.74) is 2.69. The number of rotatable bonds is 9. The molecule has 1 aromatic carbocycles. The monoisotopic (exact) mass is 349 g/mol. The van der Waals surface area contributed by atoms with Gasteiger partial charge in [0, 0.05) is 37.6 Å². The van der Waals surface area contributed by atoms with E-state index < -0.39 is 11.8 Å². The molecule has 2 N–H and O–H groups in total. The fraction of sp³-hybridized carbons (Fsp3) is 0.579. The van der Waals surface area contributed by atoms with Gasteiger partial charge in [0.05, 0.1) is 6.10 Å². The number of benzene rings is 1. The summed E-state index contributed by atoms with van der Waals surface area (Å²) in [7, 11) is 0.